The first-order valence-corrected chi connectivity index (χ1v) is 9.47. The van der Waals surface area contributed by atoms with E-state index in [-0.39, 0.29) is 6.10 Å². The van der Waals surface area contributed by atoms with Crippen molar-refractivity contribution < 1.29 is 10.2 Å². The van der Waals surface area contributed by atoms with E-state index in [1.165, 1.54) is 38.5 Å². The summed E-state index contributed by atoms with van der Waals surface area (Å²) in [6.45, 7) is 5.34. The van der Waals surface area contributed by atoms with Gasteiger partial charge in [-0.25, -0.2) is 0 Å². The minimum atomic E-state index is -0.102. The van der Waals surface area contributed by atoms with Gasteiger partial charge in [-0.3, -0.25) is 0 Å². The normalized spacial score (nSPS) is 54.2. The Morgan fingerprint density at radius 3 is 2.68 bits per heavy atom. The van der Waals surface area contributed by atoms with Gasteiger partial charge in [-0.1, -0.05) is 25.5 Å². The maximum atomic E-state index is 10.0. The molecule has 0 aliphatic heterocycles. The molecule has 0 aromatic carbocycles. The number of hydrogen-bond donors (Lipinski definition) is 2. The number of hydrogen-bond acceptors (Lipinski definition) is 2. The van der Waals surface area contributed by atoms with Gasteiger partial charge in [0, 0.05) is 6.61 Å². The van der Waals surface area contributed by atoms with Gasteiger partial charge >= 0.3 is 0 Å². The molecule has 2 N–H and O–H groups in total. The van der Waals surface area contributed by atoms with Crippen molar-refractivity contribution in [2.45, 2.75) is 71.3 Å². The maximum Gasteiger partial charge on any atom is 0.0577 e. The molecule has 22 heavy (non-hydrogen) atoms. The van der Waals surface area contributed by atoms with Crippen LogP contribution in [0, 0.1) is 34.5 Å². The van der Waals surface area contributed by atoms with Gasteiger partial charge in [0.1, 0.15) is 0 Å². The van der Waals surface area contributed by atoms with Crippen molar-refractivity contribution in [3.63, 3.8) is 0 Å². The van der Waals surface area contributed by atoms with Crippen LogP contribution >= 0.6 is 0 Å². The summed E-state index contributed by atoms with van der Waals surface area (Å²) in [7, 11) is 0. The molecule has 4 aliphatic rings. The van der Waals surface area contributed by atoms with Crippen molar-refractivity contribution in [3.8, 4) is 0 Å². The Morgan fingerprint density at radius 2 is 1.91 bits per heavy atom. The fraction of sp³-hybridized carbons (Fsp3) is 0.900. The molecule has 0 amide bonds. The zero-order chi connectivity index (χ0) is 15.5. The molecule has 7 atom stereocenters. The van der Waals surface area contributed by atoms with Crippen molar-refractivity contribution in [2.75, 3.05) is 6.61 Å². The third-order valence-corrected chi connectivity index (χ3v) is 8.49. The number of fused-ring (bicyclic) bond motifs is 5. The fourth-order valence-electron chi connectivity index (χ4n) is 7.05. The monoisotopic (exact) mass is 304 g/mol. The molecule has 0 aromatic heterocycles. The van der Waals surface area contributed by atoms with E-state index < -0.39 is 0 Å². The molecule has 4 aliphatic carbocycles. The van der Waals surface area contributed by atoms with Gasteiger partial charge in [-0.05, 0) is 85.9 Å². The molecule has 4 rings (SSSR count). The first-order valence-electron chi connectivity index (χ1n) is 9.47. The Hall–Kier alpha value is -0.340. The Labute approximate surface area is 135 Å². The number of aliphatic hydroxyl groups is 2. The molecule has 0 unspecified atom stereocenters. The molecule has 3 fully saturated rings. The minimum absolute atomic E-state index is 0.102. The van der Waals surface area contributed by atoms with Gasteiger partial charge in [-0.2, -0.15) is 0 Å². The topological polar surface area (TPSA) is 40.5 Å². The lowest BCUT2D eigenvalue weighted by Crippen LogP contribution is -2.50. The summed E-state index contributed by atoms with van der Waals surface area (Å²) < 4.78 is 0. The van der Waals surface area contributed by atoms with Crippen molar-refractivity contribution in [1.82, 2.24) is 0 Å². The largest absolute Gasteiger partial charge is 0.396 e. The Kier molecular flexibility index (Phi) is 3.51. The summed E-state index contributed by atoms with van der Waals surface area (Å²) in [6.07, 6.45) is 11.9. The summed E-state index contributed by atoms with van der Waals surface area (Å²) in [6, 6.07) is 0. The van der Waals surface area contributed by atoms with E-state index in [0.717, 1.165) is 30.6 Å². The minimum Gasteiger partial charge on any atom is -0.396 e. The molecule has 0 saturated heterocycles. The highest BCUT2D eigenvalue weighted by molar-refractivity contribution is 5.25. The van der Waals surface area contributed by atoms with Crippen molar-refractivity contribution in [1.29, 1.82) is 0 Å². The van der Waals surface area contributed by atoms with Gasteiger partial charge in [0.05, 0.1) is 6.10 Å². The summed E-state index contributed by atoms with van der Waals surface area (Å²) in [5.41, 5.74) is 2.29. The first kappa shape index (κ1) is 15.2. The molecule has 2 heteroatoms. The predicted octanol–water partition coefficient (Wildman–Crippen LogP) is 3.92. The Balaban J connectivity index is 1.66. The summed E-state index contributed by atoms with van der Waals surface area (Å²) >= 11 is 0. The van der Waals surface area contributed by atoms with Crippen LogP contribution in [-0.2, 0) is 0 Å². The van der Waals surface area contributed by atoms with Crippen molar-refractivity contribution in [3.05, 3.63) is 11.6 Å². The smallest absolute Gasteiger partial charge is 0.0577 e. The second-order valence-electron chi connectivity index (χ2n) is 9.16. The molecule has 2 nitrogen and oxygen atoms in total. The molecule has 0 aromatic rings. The first-order chi connectivity index (χ1) is 10.5. The molecule has 0 heterocycles. The highest BCUT2D eigenvalue weighted by Crippen LogP contribution is 2.66. The Morgan fingerprint density at radius 1 is 1.09 bits per heavy atom. The number of allylic oxidation sites excluding steroid dienone is 1. The van der Waals surface area contributed by atoms with Crippen LogP contribution in [0.3, 0.4) is 0 Å². The van der Waals surface area contributed by atoms with Crippen molar-refractivity contribution in [2.24, 2.45) is 34.5 Å². The van der Waals surface area contributed by atoms with Crippen LogP contribution in [0.4, 0.5) is 0 Å². The van der Waals surface area contributed by atoms with Gasteiger partial charge < -0.3 is 10.2 Å². The van der Waals surface area contributed by atoms with Crippen LogP contribution in [0.25, 0.3) is 0 Å². The molecular weight excluding hydrogens is 272 g/mol. The van der Waals surface area contributed by atoms with Gasteiger partial charge in [0.15, 0.2) is 0 Å². The van der Waals surface area contributed by atoms with E-state index in [0.29, 0.717) is 23.4 Å². The maximum absolute atomic E-state index is 10.0. The van der Waals surface area contributed by atoms with E-state index in [1.54, 1.807) is 5.57 Å². The second kappa shape index (κ2) is 5.08. The molecule has 3 saturated carbocycles. The summed E-state index contributed by atoms with van der Waals surface area (Å²) in [5, 5.41) is 19.8. The third kappa shape index (κ3) is 1.92. The van der Waals surface area contributed by atoms with E-state index >= 15 is 0 Å². The molecule has 0 spiro atoms. The SMILES string of the molecule is C[C@]12CC[C@H]3[C@@H](CC=C4C[C@@H](O)CC[C@@]43C)[C@@H]1CC[C@H]2CO. The lowest BCUT2D eigenvalue weighted by molar-refractivity contribution is -0.0562. The molecule has 124 valence electrons. The molecule has 0 bridgehead atoms. The third-order valence-electron chi connectivity index (χ3n) is 8.49. The standard InChI is InChI=1S/C20H32O2/c1-19-9-7-15(22)11-13(19)3-5-16-17-6-4-14(12-21)20(17,2)10-8-18(16)19/h3,14-18,21-22H,4-12H2,1-2H3/t14-,15-,16-,17-,18-,19-,20+/m0/s1. The highest BCUT2D eigenvalue weighted by atomic mass is 16.3. The summed E-state index contributed by atoms with van der Waals surface area (Å²) in [4.78, 5) is 0. The zero-order valence-corrected chi connectivity index (χ0v) is 14.2. The zero-order valence-electron chi connectivity index (χ0n) is 14.2. The lowest BCUT2D eigenvalue weighted by Gasteiger charge is -2.58. The van der Waals surface area contributed by atoms with Gasteiger partial charge in [0.25, 0.3) is 0 Å². The molecule has 0 radical (unpaired) electrons. The molecular formula is C20H32O2. The van der Waals surface area contributed by atoms with Crippen LogP contribution in [0.5, 0.6) is 0 Å². The Bertz CT molecular complexity index is 484. The number of rotatable bonds is 1. The number of aliphatic hydroxyl groups excluding tert-OH is 2. The highest BCUT2D eigenvalue weighted by Gasteiger charge is 2.58. The quantitative estimate of drug-likeness (QED) is 0.721. The average molecular weight is 304 g/mol. The van der Waals surface area contributed by atoms with Gasteiger partial charge in [-0.15, -0.1) is 0 Å². The van der Waals surface area contributed by atoms with E-state index in [4.69, 9.17) is 0 Å². The van der Waals surface area contributed by atoms with Crippen LogP contribution < -0.4 is 0 Å². The van der Waals surface area contributed by atoms with Gasteiger partial charge in [0.2, 0.25) is 0 Å². The van der Waals surface area contributed by atoms with Crippen LogP contribution in [-0.4, -0.2) is 22.9 Å². The van der Waals surface area contributed by atoms with Crippen LogP contribution in [0.15, 0.2) is 11.6 Å². The van der Waals surface area contributed by atoms with E-state index in [1.807, 2.05) is 0 Å². The summed E-state index contributed by atoms with van der Waals surface area (Å²) in [5.74, 6) is 2.98. The predicted molar refractivity (Wildman–Crippen MR) is 88.3 cm³/mol. The van der Waals surface area contributed by atoms with Crippen LogP contribution in [0.2, 0.25) is 0 Å². The fourth-order valence-corrected chi connectivity index (χ4v) is 7.05. The van der Waals surface area contributed by atoms with Crippen LogP contribution in [0.1, 0.15) is 65.2 Å². The lowest BCUT2D eigenvalue weighted by atomic mass is 9.47. The average Bonchev–Trinajstić information content (AvgIpc) is 2.84. The second-order valence-corrected chi connectivity index (χ2v) is 9.16. The van der Waals surface area contributed by atoms with E-state index in [9.17, 15) is 10.2 Å². The van der Waals surface area contributed by atoms with E-state index in [2.05, 4.69) is 19.9 Å². The van der Waals surface area contributed by atoms with Crippen molar-refractivity contribution >= 4 is 0 Å².